The molecule has 0 saturated heterocycles. The molecule has 0 aliphatic carbocycles. The van der Waals surface area contributed by atoms with Crippen molar-refractivity contribution in [1.29, 1.82) is 0 Å². The van der Waals surface area contributed by atoms with Gasteiger partial charge in [0.1, 0.15) is 10.8 Å². The van der Waals surface area contributed by atoms with Crippen molar-refractivity contribution in [3.63, 3.8) is 0 Å². The molecule has 0 spiro atoms. The lowest BCUT2D eigenvalue weighted by Gasteiger charge is -2.14. The van der Waals surface area contributed by atoms with E-state index in [2.05, 4.69) is 21.6 Å². The number of anilines is 2. The highest BCUT2D eigenvalue weighted by molar-refractivity contribution is 7.10. The molecule has 0 aliphatic rings. The lowest BCUT2D eigenvalue weighted by atomic mass is 10.1. The first-order valence-corrected chi connectivity index (χ1v) is 5.84. The molecule has 3 N–H and O–H groups in total. The Labute approximate surface area is 98.7 Å². The molecule has 0 fully saturated rings. The second kappa shape index (κ2) is 4.49. The van der Waals surface area contributed by atoms with Crippen LogP contribution in [0.25, 0.3) is 0 Å². The molecular formula is C11H14N4S. The minimum absolute atomic E-state index is 0.224. The predicted molar refractivity (Wildman–Crippen MR) is 67.5 cm³/mol. The Bertz CT molecular complexity index is 466. The van der Waals surface area contributed by atoms with Crippen LogP contribution >= 0.6 is 11.5 Å². The minimum atomic E-state index is 0.224. The maximum absolute atomic E-state index is 5.70. The molecule has 5 heteroatoms. The Morgan fingerprint density at radius 1 is 1.38 bits per heavy atom. The van der Waals surface area contributed by atoms with E-state index in [1.807, 2.05) is 19.1 Å². The van der Waals surface area contributed by atoms with Crippen molar-refractivity contribution in [3.8, 4) is 0 Å². The number of nitrogens with zero attached hydrogens (tertiary/aromatic N) is 2. The molecule has 0 saturated carbocycles. The number of hydrogen-bond acceptors (Lipinski definition) is 5. The first kappa shape index (κ1) is 10.9. The van der Waals surface area contributed by atoms with Crippen LogP contribution in [0.2, 0.25) is 0 Å². The molecule has 2 aromatic heterocycles. The van der Waals surface area contributed by atoms with Gasteiger partial charge < -0.3 is 11.1 Å². The number of pyridine rings is 1. The molecule has 0 aromatic carbocycles. The normalized spacial score (nSPS) is 12.4. The second-order valence-electron chi connectivity index (χ2n) is 3.67. The van der Waals surface area contributed by atoms with Crippen molar-refractivity contribution in [1.82, 2.24) is 9.36 Å². The lowest BCUT2D eigenvalue weighted by molar-refractivity contribution is 0.884. The summed E-state index contributed by atoms with van der Waals surface area (Å²) < 4.78 is 4.11. The van der Waals surface area contributed by atoms with Crippen molar-refractivity contribution >= 4 is 22.4 Å². The fraction of sp³-hybridized carbons (Fsp3) is 0.273. The molecule has 4 nitrogen and oxygen atoms in total. The minimum Gasteiger partial charge on any atom is -0.383 e. The summed E-state index contributed by atoms with van der Waals surface area (Å²) >= 11 is 1.40. The van der Waals surface area contributed by atoms with E-state index < -0.39 is 0 Å². The van der Waals surface area contributed by atoms with Crippen LogP contribution in [0.5, 0.6) is 0 Å². The monoisotopic (exact) mass is 234 g/mol. The van der Waals surface area contributed by atoms with E-state index in [0.29, 0.717) is 5.82 Å². The summed E-state index contributed by atoms with van der Waals surface area (Å²) in [5.41, 5.74) is 7.92. The maximum atomic E-state index is 5.70. The molecule has 2 heterocycles. The Morgan fingerprint density at radius 3 is 2.62 bits per heavy atom. The van der Waals surface area contributed by atoms with E-state index in [1.54, 1.807) is 12.4 Å². The number of rotatable bonds is 3. The van der Waals surface area contributed by atoms with E-state index in [1.165, 1.54) is 17.1 Å². The van der Waals surface area contributed by atoms with Crippen LogP contribution in [0.4, 0.5) is 10.8 Å². The van der Waals surface area contributed by atoms with Gasteiger partial charge in [-0.2, -0.15) is 4.37 Å². The van der Waals surface area contributed by atoms with Crippen LogP contribution < -0.4 is 11.1 Å². The van der Waals surface area contributed by atoms with E-state index in [-0.39, 0.29) is 6.04 Å². The van der Waals surface area contributed by atoms with E-state index in [4.69, 9.17) is 5.73 Å². The second-order valence-corrected chi connectivity index (χ2v) is 4.44. The zero-order valence-corrected chi connectivity index (χ0v) is 10.1. The smallest absolute Gasteiger partial charge is 0.142 e. The third kappa shape index (κ3) is 2.14. The number of hydrogen-bond donors (Lipinski definition) is 2. The summed E-state index contributed by atoms with van der Waals surface area (Å²) in [7, 11) is 0. The summed E-state index contributed by atoms with van der Waals surface area (Å²) in [5.74, 6) is 0.606. The molecule has 0 aliphatic heterocycles. The number of nitrogens with one attached hydrogen (secondary N) is 1. The summed E-state index contributed by atoms with van der Waals surface area (Å²) in [6.07, 6.45) is 3.59. The Balaban J connectivity index is 2.14. The molecule has 0 bridgehead atoms. The van der Waals surface area contributed by atoms with Crippen molar-refractivity contribution in [2.24, 2.45) is 0 Å². The molecular weight excluding hydrogens is 220 g/mol. The summed E-state index contributed by atoms with van der Waals surface area (Å²) in [6.45, 7) is 4.07. The van der Waals surface area contributed by atoms with Gasteiger partial charge in [-0.1, -0.05) is 0 Å². The van der Waals surface area contributed by atoms with Gasteiger partial charge >= 0.3 is 0 Å². The molecule has 2 aromatic rings. The van der Waals surface area contributed by atoms with Gasteiger partial charge in [-0.15, -0.1) is 0 Å². The van der Waals surface area contributed by atoms with Crippen LogP contribution in [-0.2, 0) is 0 Å². The molecule has 84 valence electrons. The summed E-state index contributed by atoms with van der Waals surface area (Å²) in [4.78, 5) is 4.00. The zero-order valence-electron chi connectivity index (χ0n) is 9.27. The van der Waals surface area contributed by atoms with Crippen LogP contribution in [0, 0.1) is 6.92 Å². The molecule has 0 amide bonds. The van der Waals surface area contributed by atoms with Crippen LogP contribution in [0.3, 0.4) is 0 Å². The SMILES string of the molecule is Cc1c(N)nsc1NC(C)c1ccncc1. The van der Waals surface area contributed by atoms with Crippen molar-refractivity contribution in [2.45, 2.75) is 19.9 Å². The van der Waals surface area contributed by atoms with E-state index in [9.17, 15) is 0 Å². The number of nitrogens with two attached hydrogens (primary N) is 1. The van der Waals surface area contributed by atoms with Crippen LogP contribution in [0.15, 0.2) is 24.5 Å². The Kier molecular flexibility index (Phi) is 3.05. The van der Waals surface area contributed by atoms with Crippen LogP contribution in [0.1, 0.15) is 24.1 Å². The fourth-order valence-electron chi connectivity index (χ4n) is 1.41. The fourth-order valence-corrected chi connectivity index (χ4v) is 2.21. The molecule has 1 unspecified atom stereocenters. The highest BCUT2D eigenvalue weighted by atomic mass is 32.1. The molecule has 0 radical (unpaired) electrons. The van der Waals surface area contributed by atoms with Gasteiger partial charge in [0.25, 0.3) is 0 Å². The van der Waals surface area contributed by atoms with Crippen LogP contribution in [-0.4, -0.2) is 9.36 Å². The first-order valence-electron chi connectivity index (χ1n) is 5.06. The van der Waals surface area contributed by atoms with E-state index >= 15 is 0 Å². The maximum Gasteiger partial charge on any atom is 0.142 e. The number of aromatic nitrogens is 2. The average molecular weight is 234 g/mol. The quantitative estimate of drug-likeness (QED) is 0.856. The first-order chi connectivity index (χ1) is 7.68. The summed E-state index contributed by atoms with van der Waals surface area (Å²) in [5, 5.41) is 4.42. The topological polar surface area (TPSA) is 63.8 Å². The highest BCUT2D eigenvalue weighted by Gasteiger charge is 2.10. The summed E-state index contributed by atoms with van der Waals surface area (Å²) in [6, 6.07) is 4.22. The molecule has 2 rings (SSSR count). The Hall–Kier alpha value is -1.62. The van der Waals surface area contributed by atoms with Gasteiger partial charge in [-0.05, 0) is 43.1 Å². The molecule has 16 heavy (non-hydrogen) atoms. The van der Waals surface area contributed by atoms with Crippen molar-refractivity contribution < 1.29 is 0 Å². The Morgan fingerprint density at radius 2 is 2.06 bits per heavy atom. The van der Waals surface area contributed by atoms with Gasteiger partial charge in [0.15, 0.2) is 0 Å². The largest absolute Gasteiger partial charge is 0.383 e. The average Bonchev–Trinajstić information content (AvgIpc) is 2.62. The lowest BCUT2D eigenvalue weighted by Crippen LogP contribution is -2.06. The third-order valence-corrected chi connectivity index (χ3v) is 3.41. The predicted octanol–water partition coefficient (Wildman–Crippen LogP) is 2.60. The van der Waals surface area contributed by atoms with Gasteiger partial charge in [-0.25, -0.2) is 0 Å². The number of nitrogen functional groups attached to an aromatic ring is 1. The third-order valence-electron chi connectivity index (χ3n) is 2.51. The van der Waals surface area contributed by atoms with Gasteiger partial charge in [-0.3, -0.25) is 4.98 Å². The van der Waals surface area contributed by atoms with Crippen molar-refractivity contribution in [2.75, 3.05) is 11.1 Å². The standard InChI is InChI=1S/C11H14N4S/c1-7-10(12)15-16-11(7)14-8(2)9-3-5-13-6-4-9/h3-6,8,14H,1-2H3,(H2,12,15). The highest BCUT2D eigenvalue weighted by Crippen LogP contribution is 2.28. The van der Waals surface area contributed by atoms with Gasteiger partial charge in [0, 0.05) is 24.0 Å². The van der Waals surface area contributed by atoms with Crippen molar-refractivity contribution in [3.05, 3.63) is 35.7 Å². The molecule has 1 atom stereocenters. The van der Waals surface area contributed by atoms with Gasteiger partial charge in [0.05, 0.1) is 0 Å². The zero-order chi connectivity index (χ0) is 11.5. The van der Waals surface area contributed by atoms with Gasteiger partial charge in [0.2, 0.25) is 0 Å². The van der Waals surface area contributed by atoms with E-state index in [0.717, 1.165) is 10.6 Å².